The minimum atomic E-state index is -0.955. The van der Waals surface area contributed by atoms with Crippen molar-refractivity contribution >= 4 is 18.1 Å². The van der Waals surface area contributed by atoms with E-state index in [0.29, 0.717) is 43.3 Å². The minimum absolute atomic E-state index is 0. The maximum absolute atomic E-state index is 14.2. The summed E-state index contributed by atoms with van der Waals surface area (Å²) in [4.78, 5) is 19.4. The molecule has 1 aliphatic heterocycles. The number of anilines is 1. The van der Waals surface area contributed by atoms with E-state index < -0.39 is 11.6 Å². The van der Waals surface area contributed by atoms with E-state index in [1.54, 1.807) is 30.7 Å². The second-order valence-electron chi connectivity index (χ2n) is 6.88. The van der Waals surface area contributed by atoms with Crippen molar-refractivity contribution in [2.45, 2.75) is 32.7 Å². The maximum atomic E-state index is 14.2. The SMILES string of the molecule is CCCOc1cc(N2CCc3nc(-c4ncccn4)ncc3C2C)cc(F)c1F.Cl. The number of aromatic nitrogens is 4. The van der Waals surface area contributed by atoms with Gasteiger partial charge in [0.25, 0.3) is 0 Å². The molecule has 0 fully saturated rings. The van der Waals surface area contributed by atoms with Crippen molar-refractivity contribution in [2.24, 2.45) is 0 Å². The Balaban J connectivity index is 0.00000256. The van der Waals surface area contributed by atoms with E-state index in [1.807, 2.05) is 18.7 Å². The fraction of sp³-hybridized carbons (Fsp3) is 0.333. The second-order valence-corrected chi connectivity index (χ2v) is 6.88. The van der Waals surface area contributed by atoms with Gasteiger partial charge in [0.1, 0.15) is 0 Å². The highest BCUT2D eigenvalue weighted by molar-refractivity contribution is 5.85. The molecule has 3 heterocycles. The lowest BCUT2D eigenvalue weighted by molar-refractivity contribution is 0.295. The summed E-state index contributed by atoms with van der Waals surface area (Å²) >= 11 is 0. The molecule has 6 nitrogen and oxygen atoms in total. The van der Waals surface area contributed by atoms with Crippen LogP contribution in [0.5, 0.6) is 5.75 Å². The van der Waals surface area contributed by atoms with Gasteiger partial charge in [0.05, 0.1) is 18.3 Å². The zero-order chi connectivity index (χ0) is 20.4. The Morgan fingerprint density at radius 1 is 1.13 bits per heavy atom. The first kappa shape index (κ1) is 21.8. The van der Waals surface area contributed by atoms with Crippen molar-refractivity contribution in [1.82, 2.24) is 19.9 Å². The van der Waals surface area contributed by atoms with E-state index >= 15 is 0 Å². The van der Waals surface area contributed by atoms with Gasteiger partial charge in [-0.2, -0.15) is 4.39 Å². The Hall–Kier alpha value is -2.87. The first-order chi connectivity index (χ1) is 14.1. The van der Waals surface area contributed by atoms with Crippen LogP contribution in [0.3, 0.4) is 0 Å². The van der Waals surface area contributed by atoms with Gasteiger partial charge >= 0.3 is 0 Å². The third-order valence-electron chi connectivity index (χ3n) is 4.95. The van der Waals surface area contributed by atoms with Crippen LogP contribution in [-0.2, 0) is 6.42 Å². The predicted molar refractivity (Wildman–Crippen MR) is 112 cm³/mol. The molecule has 9 heteroatoms. The molecule has 3 aromatic rings. The Morgan fingerprint density at radius 3 is 2.63 bits per heavy atom. The third-order valence-corrected chi connectivity index (χ3v) is 4.95. The van der Waals surface area contributed by atoms with Crippen LogP contribution in [0.2, 0.25) is 0 Å². The van der Waals surface area contributed by atoms with E-state index in [1.165, 1.54) is 6.07 Å². The van der Waals surface area contributed by atoms with Gasteiger partial charge in [0.15, 0.2) is 23.2 Å². The number of hydrogen-bond donors (Lipinski definition) is 0. The van der Waals surface area contributed by atoms with E-state index in [2.05, 4.69) is 19.9 Å². The van der Waals surface area contributed by atoms with Gasteiger partial charge in [0, 0.05) is 54.9 Å². The molecule has 2 aromatic heterocycles. The molecule has 0 saturated carbocycles. The molecule has 1 aromatic carbocycles. The molecule has 0 amide bonds. The van der Waals surface area contributed by atoms with E-state index in [9.17, 15) is 8.78 Å². The lowest BCUT2D eigenvalue weighted by atomic mass is 9.98. The molecular weight excluding hydrogens is 412 g/mol. The van der Waals surface area contributed by atoms with E-state index in [4.69, 9.17) is 4.74 Å². The largest absolute Gasteiger partial charge is 0.490 e. The van der Waals surface area contributed by atoms with Crippen molar-refractivity contribution in [3.05, 3.63) is 59.7 Å². The Morgan fingerprint density at radius 2 is 1.90 bits per heavy atom. The highest BCUT2D eigenvalue weighted by atomic mass is 35.5. The van der Waals surface area contributed by atoms with Crippen LogP contribution < -0.4 is 9.64 Å². The lowest BCUT2D eigenvalue weighted by Gasteiger charge is -2.36. The average Bonchev–Trinajstić information content (AvgIpc) is 2.75. The predicted octanol–water partition coefficient (Wildman–Crippen LogP) is 4.55. The Kier molecular flexibility index (Phi) is 6.77. The van der Waals surface area contributed by atoms with Crippen molar-refractivity contribution in [2.75, 3.05) is 18.1 Å². The quantitative estimate of drug-likeness (QED) is 0.588. The van der Waals surface area contributed by atoms with E-state index in [0.717, 1.165) is 11.3 Å². The Bertz CT molecular complexity index is 1020. The van der Waals surface area contributed by atoms with Crippen LogP contribution in [0.15, 0.2) is 36.8 Å². The summed E-state index contributed by atoms with van der Waals surface area (Å²) in [6.45, 7) is 4.85. The molecule has 0 saturated heterocycles. The van der Waals surface area contributed by atoms with Crippen molar-refractivity contribution in [3.8, 4) is 17.4 Å². The third kappa shape index (κ3) is 4.18. The van der Waals surface area contributed by atoms with Gasteiger partial charge in [-0.05, 0) is 19.4 Å². The number of rotatable bonds is 5. The average molecular weight is 434 g/mol. The lowest BCUT2D eigenvalue weighted by Crippen LogP contribution is -2.35. The van der Waals surface area contributed by atoms with Gasteiger partial charge in [-0.15, -0.1) is 12.4 Å². The summed E-state index contributed by atoms with van der Waals surface area (Å²) in [5, 5.41) is 0. The zero-order valence-corrected chi connectivity index (χ0v) is 17.5. The molecule has 0 bridgehead atoms. The van der Waals surface area contributed by atoms with Crippen molar-refractivity contribution in [3.63, 3.8) is 0 Å². The summed E-state index contributed by atoms with van der Waals surface area (Å²) in [5.41, 5.74) is 2.43. The molecule has 30 heavy (non-hydrogen) atoms. The standard InChI is InChI=1S/C21H21F2N5O.ClH/c1-3-9-29-18-11-14(10-16(22)19(18)23)28-8-5-17-15(13(28)2)12-26-21(27-17)20-24-6-4-7-25-20;/h4,6-7,10-13H,3,5,8-9H2,1-2H3;1H. The summed E-state index contributed by atoms with van der Waals surface area (Å²) in [6, 6.07) is 4.40. The monoisotopic (exact) mass is 433 g/mol. The second kappa shape index (κ2) is 9.30. The van der Waals surface area contributed by atoms with Gasteiger partial charge in [-0.25, -0.2) is 24.3 Å². The van der Waals surface area contributed by atoms with Crippen LogP contribution in [0, 0.1) is 11.6 Å². The molecule has 0 radical (unpaired) electrons. The van der Waals surface area contributed by atoms with E-state index in [-0.39, 0.29) is 24.2 Å². The number of ether oxygens (including phenoxy) is 1. The summed E-state index contributed by atoms with van der Waals surface area (Å²) in [7, 11) is 0. The smallest absolute Gasteiger partial charge is 0.200 e. The number of benzene rings is 1. The Labute approximate surface area is 179 Å². The summed E-state index contributed by atoms with van der Waals surface area (Å²) in [6.07, 6.45) is 6.42. The molecule has 0 spiro atoms. The van der Waals surface area contributed by atoms with Gasteiger partial charge in [-0.3, -0.25) is 0 Å². The molecule has 4 rings (SSSR count). The topological polar surface area (TPSA) is 64.0 Å². The van der Waals surface area contributed by atoms with Gasteiger partial charge in [-0.1, -0.05) is 6.92 Å². The van der Waals surface area contributed by atoms with Gasteiger partial charge in [0.2, 0.25) is 5.82 Å². The maximum Gasteiger partial charge on any atom is 0.200 e. The molecule has 1 aliphatic rings. The molecule has 158 valence electrons. The van der Waals surface area contributed by atoms with Crippen LogP contribution in [0.1, 0.15) is 37.6 Å². The fourth-order valence-electron chi connectivity index (χ4n) is 3.47. The molecular formula is C21H22ClF2N5O. The number of hydrogen-bond acceptors (Lipinski definition) is 6. The first-order valence-electron chi connectivity index (χ1n) is 9.60. The molecule has 1 atom stereocenters. The summed E-state index contributed by atoms with van der Waals surface area (Å²) in [5.74, 6) is -0.980. The fourth-order valence-corrected chi connectivity index (χ4v) is 3.47. The highest BCUT2D eigenvalue weighted by Gasteiger charge is 2.28. The zero-order valence-electron chi connectivity index (χ0n) is 16.7. The molecule has 1 unspecified atom stereocenters. The molecule has 0 aliphatic carbocycles. The van der Waals surface area contributed by atoms with Crippen LogP contribution in [0.25, 0.3) is 11.6 Å². The van der Waals surface area contributed by atoms with Crippen LogP contribution in [0.4, 0.5) is 14.5 Å². The molecule has 0 N–H and O–H groups in total. The normalized spacial score (nSPS) is 15.3. The number of nitrogens with zero attached hydrogens (tertiary/aromatic N) is 5. The van der Waals surface area contributed by atoms with Crippen LogP contribution in [-0.4, -0.2) is 33.1 Å². The van der Waals surface area contributed by atoms with Crippen LogP contribution >= 0.6 is 12.4 Å². The number of halogens is 3. The highest BCUT2D eigenvalue weighted by Crippen LogP contribution is 2.36. The summed E-state index contributed by atoms with van der Waals surface area (Å²) < 4.78 is 33.6. The van der Waals surface area contributed by atoms with Gasteiger partial charge < -0.3 is 9.64 Å². The first-order valence-corrected chi connectivity index (χ1v) is 9.60. The minimum Gasteiger partial charge on any atom is -0.490 e. The van der Waals surface area contributed by atoms with Crippen molar-refractivity contribution < 1.29 is 13.5 Å². The van der Waals surface area contributed by atoms with Crippen molar-refractivity contribution in [1.29, 1.82) is 0 Å². The number of fused-ring (bicyclic) bond motifs is 1.